The molecule has 1 saturated heterocycles. The molecule has 7 nitrogen and oxygen atoms in total. The third-order valence-electron chi connectivity index (χ3n) is 3.10. The number of aromatic nitrogens is 1. The van der Waals surface area contributed by atoms with Crippen molar-refractivity contribution in [2.45, 2.75) is 25.9 Å². The highest BCUT2D eigenvalue weighted by Gasteiger charge is 2.33. The highest BCUT2D eigenvalue weighted by molar-refractivity contribution is 7.91. The van der Waals surface area contributed by atoms with E-state index in [9.17, 15) is 13.2 Å². The van der Waals surface area contributed by atoms with Crippen molar-refractivity contribution in [3.05, 3.63) is 17.5 Å². The molecule has 19 heavy (non-hydrogen) atoms. The van der Waals surface area contributed by atoms with Gasteiger partial charge in [0.2, 0.25) is 0 Å². The van der Waals surface area contributed by atoms with Gasteiger partial charge in [-0.1, -0.05) is 5.16 Å². The van der Waals surface area contributed by atoms with Crippen molar-refractivity contribution in [1.82, 2.24) is 10.1 Å². The van der Waals surface area contributed by atoms with Crippen LogP contribution in [0.5, 0.6) is 0 Å². The van der Waals surface area contributed by atoms with Gasteiger partial charge in [-0.15, -0.1) is 0 Å². The SMILES string of the molecule is Cc1cc(CN2CCS(=O)(=O)CC2CC(=O)O)on1. The standard InChI is InChI=1S/C11H16N2O5S/c1-8-4-10(18-12-8)6-13-2-3-19(16,17)7-9(13)5-11(14)15/h4,9H,2-3,5-7H2,1H3,(H,14,15). The first kappa shape index (κ1) is 14.0. The fraction of sp³-hybridized carbons (Fsp3) is 0.636. The zero-order valence-corrected chi connectivity index (χ0v) is 11.4. The zero-order chi connectivity index (χ0) is 14.0. The van der Waals surface area contributed by atoms with Crippen molar-refractivity contribution >= 4 is 15.8 Å². The minimum atomic E-state index is -3.15. The first-order valence-electron chi connectivity index (χ1n) is 5.94. The number of carboxylic acids is 1. The molecule has 0 aromatic carbocycles. The number of carboxylic acid groups (broad SMARTS) is 1. The van der Waals surface area contributed by atoms with Crippen molar-refractivity contribution in [3.8, 4) is 0 Å². The minimum absolute atomic E-state index is 0.0518. The Morgan fingerprint density at radius 3 is 2.95 bits per heavy atom. The van der Waals surface area contributed by atoms with Crippen LogP contribution in [0.2, 0.25) is 0 Å². The highest BCUT2D eigenvalue weighted by Crippen LogP contribution is 2.18. The molecule has 106 valence electrons. The maximum Gasteiger partial charge on any atom is 0.304 e. The third-order valence-corrected chi connectivity index (χ3v) is 4.80. The zero-order valence-electron chi connectivity index (χ0n) is 10.6. The van der Waals surface area contributed by atoms with Crippen LogP contribution in [0.1, 0.15) is 17.9 Å². The number of aliphatic carboxylic acids is 1. The topological polar surface area (TPSA) is 101 Å². The molecule has 1 aromatic rings. The van der Waals surface area contributed by atoms with E-state index in [-0.39, 0.29) is 17.9 Å². The number of nitrogens with zero attached hydrogens (tertiary/aromatic N) is 2. The van der Waals surface area contributed by atoms with Gasteiger partial charge < -0.3 is 9.63 Å². The Kier molecular flexibility index (Phi) is 3.91. The lowest BCUT2D eigenvalue weighted by molar-refractivity contribution is -0.138. The molecule has 1 fully saturated rings. The summed E-state index contributed by atoms with van der Waals surface area (Å²) >= 11 is 0. The maximum absolute atomic E-state index is 11.6. The van der Waals surface area contributed by atoms with Gasteiger partial charge in [-0.25, -0.2) is 8.42 Å². The molecule has 0 spiro atoms. The molecule has 2 rings (SSSR count). The van der Waals surface area contributed by atoms with Crippen LogP contribution in [-0.4, -0.2) is 53.6 Å². The van der Waals surface area contributed by atoms with Crippen molar-refractivity contribution < 1.29 is 22.8 Å². The molecule has 1 N–H and O–H groups in total. The molecule has 1 aliphatic rings. The number of aryl methyl sites for hydroxylation is 1. The summed E-state index contributed by atoms with van der Waals surface area (Å²) in [5, 5.41) is 12.6. The smallest absolute Gasteiger partial charge is 0.304 e. The molecule has 1 unspecified atom stereocenters. The van der Waals surface area contributed by atoms with Crippen molar-refractivity contribution in [1.29, 1.82) is 0 Å². The average molecular weight is 288 g/mol. The third kappa shape index (κ3) is 3.77. The second kappa shape index (κ2) is 5.30. The van der Waals surface area contributed by atoms with Gasteiger partial charge in [-0.2, -0.15) is 0 Å². The van der Waals surface area contributed by atoms with Crippen LogP contribution >= 0.6 is 0 Å². The highest BCUT2D eigenvalue weighted by atomic mass is 32.2. The lowest BCUT2D eigenvalue weighted by Crippen LogP contribution is -2.48. The Hall–Kier alpha value is -1.41. The van der Waals surface area contributed by atoms with Gasteiger partial charge in [0.15, 0.2) is 15.6 Å². The van der Waals surface area contributed by atoms with E-state index in [4.69, 9.17) is 9.63 Å². The van der Waals surface area contributed by atoms with E-state index in [1.54, 1.807) is 13.0 Å². The molecule has 1 atom stereocenters. The Morgan fingerprint density at radius 1 is 1.63 bits per heavy atom. The first-order valence-corrected chi connectivity index (χ1v) is 7.76. The number of hydrogen-bond donors (Lipinski definition) is 1. The van der Waals surface area contributed by atoms with Gasteiger partial charge in [0.1, 0.15) is 0 Å². The second-order valence-corrected chi connectivity index (χ2v) is 7.00. The van der Waals surface area contributed by atoms with Gasteiger partial charge in [0, 0.05) is 18.7 Å². The number of rotatable bonds is 4. The number of hydrogen-bond acceptors (Lipinski definition) is 6. The molecule has 1 aliphatic heterocycles. The van der Waals surface area contributed by atoms with Gasteiger partial charge in [0.05, 0.1) is 30.2 Å². The Labute approximate surface area is 111 Å². The van der Waals surface area contributed by atoms with Gasteiger partial charge in [0.25, 0.3) is 0 Å². The van der Waals surface area contributed by atoms with Crippen LogP contribution in [0.4, 0.5) is 0 Å². The molecular weight excluding hydrogens is 272 g/mol. The summed E-state index contributed by atoms with van der Waals surface area (Å²) in [5.74, 6) is -0.448. The van der Waals surface area contributed by atoms with Gasteiger partial charge >= 0.3 is 5.97 Å². The summed E-state index contributed by atoms with van der Waals surface area (Å²) in [6.45, 7) is 2.50. The van der Waals surface area contributed by atoms with Crippen molar-refractivity contribution in [3.63, 3.8) is 0 Å². The molecular formula is C11H16N2O5S. The number of sulfone groups is 1. The van der Waals surface area contributed by atoms with Crippen LogP contribution < -0.4 is 0 Å². The van der Waals surface area contributed by atoms with E-state index in [1.165, 1.54) is 0 Å². The summed E-state index contributed by atoms with van der Waals surface area (Å²) in [6.07, 6.45) is -0.188. The average Bonchev–Trinajstić information content (AvgIpc) is 2.67. The molecule has 1 aromatic heterocycles. The van der Waals surface area contributed by atoms with Gasteiger partial charge in [-0.05, 0) is 6.92 Å². The molecule has 0 radical (unpaired) electrons. The molecule has 0 bridgehead atoms. The monoisotopic (exact) mass is 288 g/mol. The van der Waals surface area contributed by atoms with E-state index in [0.29, 0.717) is 18.8 Å². The van der Waals surface area contributed by atoms with Crippen LogP contribution in [0.15, 0.2) is 10.6 Å². The second-order valence-electron chi connectivity index (χ2n) is 4.77. The molecule has 2 heterocycles. The Bertz CT molecular complexity index is 565. The van der Waals surface area contributed by atoms with E-state index in [1.807, 2.05) is 4.90 Å². The molecule has 8 heteroatoms. The van der Waals surface area contributed by atoms with E-state index in [0.717, 1.165) is 5.69 Å². The minimum Gasteiger partial charge on any atom is -0.481 e. The molecule has 0 saturated carbocycles. The Morgan fingerprint density at radius 2 is 2.37 bits per heavy atom. The predicted octanol–water partition coefficient (Wildman–Crippen LogP) is 0.0567. The Balaban J connectivity index is 2.10. The molecule has 0 aliphatic carbocycles. The maximum atomic E-state index is 11.6. The fourth-order valence-corrected chi connectivity index (χ4v) is 3.80. The van der Waals surface area contributed by atoms with Crippen LogP contribution in [0, 0.1) is 6.92 Å². The van der Waals surface area contributed by atoms with Crippen LogP contribution in [0.3, 0.4) is 0 Å². The summed E-state index contributed by atoms with van der Waals surface area (Å²) in [5.41, 5.74) is 0.745. The fourth-order valence-electron chi connectivity index (χ4n) is 2.21. The largest absolute Gasteiger partial charge is 0.481 e. The van der Waals surface area contributed by atoms with E-state index >= 15 is 0 Å². The van der Waals surface area contributed by atoms with Gasteiger partial charge in [-0.3, -0.25) is 9.69 Å². The first-order chi connectivity index (χ1) is 8.85. The van der Waals surface area contributed by atoms with Crippen molar-refractivity contribution in [2.75, 3.05) is 18.1 Å². The van der Waals surface area contributed by atoms with Crippen LogP contribution in [0.25, 0.3) is 0 Å². The van der Waals surface area contributed by atoms with Crippen molar-refractivity contribution in [2.24, 2.45) is 0 Å². The lowest BCUT2D eigenvalue weighted by atomic mass is 10.2. The predicted molar refractivity (Wildman–Crippen MR) is 66.3 cm³/mol. The van der Waals surface area contributed by atoms with E-state index in [2.05, 4.69) is 5.16 Å². The normalized spacial score (nSPS) is 23.3. The van der Waals surface area contributed by atoms with Crippen LogP contribution in [-0.2, 0) is 21.2 Å². The molecule has 0 amide bonds. The number of carbonyl (C=O) groups is 1. The summed E-state index contributed by atoms with van der Waals surface area (Å²) in [6, 6.07) is 1.25. The summed E-state index contributed by atoms with van der Waals surface area (Å²) in [7, 11) is -3.15. The quantitative estimate of drug-likeness (QED) is 0.835. The summed E-state index contributed by atoms with van der Waals surface area (Å²) in [4.78, 5) is 12.7. The lowest BCUT2D eigenvalue weighted by Gasteiger charge is -2.33. The summed E-state index contributed by atoms with van der Waals surface area (Å²) < 4.78 is 28.3. The van der Waals surface area contributed by atoms with E-state index < -0.39 is 21.8 Å².